The van der Waals surface area contributed by atoms with Gasteiger partial charge in [0.1, 0.15) is 0 Å². The second-order valence-electron chi connectivity index (χ2n) is 4.66. The Morgan fingerprint density at radius 2 is 1.54 bits per heavy atom. The molecule has 1 rings (SSSR count). The lowest BCUT2D eigenvalue weighted by Crippen LogP contribution is -2.39. The molecule has 0 spiro atoms. The van der Waals surface area contributed by atoms with Crippen molar-refractivity contribution in [3.8, 4) is 0 Å². The molecule has 0 aromatic carbocycles. The van der Waals surface area contributed by atoms with Gasteiger partial charge in [-0.05, 0) is 18.3 Å². The Balaban J connectivity index is 2.91. The number of halogens is 3. The zero-order chi connectivity index (χ0) is 10.5. The molecule has 0 unspecified atom stereocenters. The number of carbonyl (C=O) groups is 1. The number of hydrogen-bond acceptors (Lipinski definition) is 1. The third-order valence-corrected chi connectivity index (χ3v) is 2.88. The van der Waals surface area contributed by atoms with E-state index in [4.69, 9.17) is 0 Å². The van der Waals surface area contributed by atoms with Gasteiger partial charge in [0.25, 0.3) is 0 Å². The van der Waals surface area contributed by atoms with Crippen LogP contribution >= 0.6 is 0 Å². The largest absolute Gasteiger partial charge is 0.450 e. The molecule has 1 fully saturated rings. The Kier molecular flexibility index (Phi) is 2.02. The predicted molar refractivity (Wildman–Crippen MR) is 42.2 cm³/mol. The van der Waals surface area contributed by atoms with Crippen LogP contribution in [0.1, 0.15) is 33.6 Å². The highest BCUT2D eigenvalue weighted by atomic mass is 19.4. The SMILES string of the molecule is CC(C)(C)C1(C(=O)C(F)(F)F)CC1. The second kappa shape index (κ2) is 2.49. The minimum atomic E-state index is -4.68. The van der Waals surface area contributed by atoms with Crippen LogP contribution in [0.4, 0.5) is 13.2 Å². The van der Waals surface area contributed by atoms with E-state index < -0.39 is 22.8 Å². The summed E-state index contributed by atoms with van der Waals surface area (Å²) in [5.41, 5.74) is -1.72. The van der Waals surface area contributed by atoms with Crippen LogP contribution in [0, 0.1) is 10.8 Å². The van der Waals surface area contributed by atoms with E-state index in [0.717, 1.165) is 0 Å². The van der Waals surface area contributed by atoms with Crippen molar-refractivity contribution in [2.75, 3.05) is 0 Å². The monoisotopic (exact) mass is 194 g/mol. The molecule has 1 nitrogen and oxygen atoms in total. The number of alkyl halides is 3. The van der Waals surface area contributed by atoms with Crippen molar-refractivity contribution >= 4 is 5.78 Å². The molecule has 0 aromatic rings. The first-order valence-electron chi connectivity index (χ1n) is 4.23. The van der Waals surface area contributed by atoms with Gasteiger partial charge >= 0.3 is 6.18 Å². The number of hydrogen-bond donors (Lipinski definition) is 0. The highest BCUT2D eigenvalue weighted by Gasteiger charge is 2.64. The van der Waals surface area contributed by atoms with E-state index in [1.165, 1.54) is 0 Å². The second-order valence-corrected chi connectivity index (χ2v) is 4.66. The third kappa shape index (κ3) is 1.58. The van der Waals surface area contributed by atoms with Gasteiger partial charge in [-0.3, -0.25) is 4.79 Å². The maximum Gasteiger partial charge on any atom is 0.450 e. The van der Waals surface area contributed by atoms with E-state index in [-0.39, 0.29) is 0 Å². The van der Waals surface area contributed by atoms with Crippen molar-refractivity contribution in [2.24, 2.45) is 10.8 Å². The normalized spacial score (nSPS) is 21.4. The van der Waals surface area contributed by atoms with E-state index in [1.807, 2.05) is 0 Å². The summed E-state index contributed by atoms with van der Waals surface area (Å²) in [4.78, 5) is 11.1. The zero-order valence-corrected chi connectivity index (χ0v) is 7.96. The first kappa shape index (κ1) is 10.5. The van der Waals surface area contributed by atoms with Gasteiger partial charge in [-0.1, -0.05) is 20.8 Å². The summed E-state index contributed by atoms with van der Waals surface area (Å²) in [6.07, 6.45) is -3.94. The topological polar surface area (TPSA) is 17.1 Å². The first-order valence-corrected chi connectivity index (χ1v) is 4.23. The smallest absolute Gasteiger partial charge is 0.289 e. The summed E-state index contributed by atoms with van der Waals surface area (Å²) in [7, 11) is 0. The molecule has 0 amide bonds. The van der Waals surface area contributed by atoms with E-state index in [1.54, 1.807) is 20.8 Å². The average Bonchev–Trinajstić information content (AvgIpc) is 2.60. The number of ketones is 1. The van der Waals surface area contributed by atoms with Gasteiger partial charge in [0.2, 0.25) is 5.78 Å². The van der Waals surface area contributed by atoms with E-state index in [0.29, 0.717) is 12.8 Å². The van der Waals surface area contributed by atoms with E-state index in [9.17, 15) is 18.0 Å². The fourth-order valence-corrected chi connectivity index (χ4v) is 1.71. The van der Waals surface area contributed by atoms with Crippen LogP contribution < -0.4 is 0 Å². The van der Waals surface area contributed by atoms with Crippen LogP contribution in [-0.2, 0) is 4.79 Å². The van der Waals surface area contributed by atoms with Gasteiger partial charge in [-0.15, -0.1) is 0 Å². The number of Topliss-reactive ketones (excluding diaryl/α,β-unsaturated/α-hetero) is 1. The fraction of sp³-hybridized carbons (Fsp3) is 0.889. The lowest BCUT2D eigenvalue weighted by Gasteiger charge is -2.29. The van der Waals surface area contributed by atoms with Crippen molar-refractivity contribution in [2.45, 2.75) is 39.8 Å². The average molecular weight is 194 g/mol. The van der Waals surface area contributed by atoms with Gasteiger partial charge in [0, 0.05) is 5.41 Å². The molecule has 76 valence electrons. The molecule has 0 heterocycles. The highest BCUT2D eigenvalue weighted by Crippen LogP contribution is 2.61. The molecule has 1 saturated carbocycles. The maximum atomic E-state index is 12.2. The number of rotatable bonds is 1. The summed E-state index contributed by atoms with van der Waals surface area (Å²) < 4.78 is 36.5. The van der Waals surface area contributed by atoms with E-state index >= 15 is 0 Å². The number of carbonyl (C=O) groups excluding carboxylic acids is 1. The molecular weight excluding hydrogens is 181 g/mol. The fourth-order valence-electron chi connectivity index (χ4n) is 1.71. The third-order valence-electron chi connectivity index (χ3n) is 2.88. The van der Waals surface area contributed by atoms with Crippen LogP contribution in [0.25, 0.3) is 0 Å². The summed E-state index contributed by atoms with van der Waals surface area (Å²) in [6.45, 7) is 5.05. The van der Waals surface area contributed by atoms with Crippen molar-refractivity contribution in [3.63, 3.8) is 0 Å². The summed E-state index contributed by atoms with van der Waals surface area (Å²) in [6, 6.07) is 0. The molecule has 1 aliphatic rings. The van der Waals surface area contributed by atoms with Crippen LogP contribution in [0.5, 0.6) is 0 Å². The first-order chi connectivity index (χ1) is 5.61. The summed E-state index contributed by atoms with van der Waals surface area (Å²) >= 11 is 0. The minimum absolute atomic E-state index is 0.370. The van der Waals surface area contributed by atoms with Gasteiger partial charge in [0.15, 0.2) is 0 Å². The Bertz CT molecular complexity index is 230. The molecular formula is C9H13F3O. The standard InChI is InChI=1S/C9H13F3O/c1-7(2,3)8(4-5-8)6(13)9(10,11)12/h4-5H2,1-3H3. The molecule has 0 bridgehead atoms. The summed E-state index contributed by atoms with van der Waals surface area (Å²) in [5, 5.41) is 0. The van der Waals surface area contributed by atoms with Crippen LogP contribution in [0.2, 0.25) is 0 Å². The predicted octanol–water partition coefficient (Wildman–Crippen LogP) is 2.94. The molecule has 0 aliphatic heterocycles. The lowest BCUT2D eigenvalue weighted by molar-refractivity contribution is -0.181. The lowest BCUT2D eigenvalue weighted by atomic mass is 9.74. The van der Waals surface area contributed by atoms with Gasteiger partial charge in [0.05, 0.1) is 0 Å². The Labute approximate surface area is 75.3 Å². The zero-order valence-electron chi connectivity index (χ0n) is 7.96. The molecule has 1 aliphatic carbocycles. The Morgan fingerprint density at radius 1 is 1.15 bits per heavy atom. The molecule has 0 N–H and O–H groups in total. The van der Waals surface area contributed by atoms with Crippen LogP contribution in [0.3, 0.4) is 0 Å². The molecule has 0 aromatic heterocycles. The maximum absolute atomic E-state index is 12.2. The molecule has 13 heavy (non-hydrogen) atoms. The summed E-state index contributed by atoms with van der Waals surface area (Å²) in [5.74, 6) is -1.55. The Hall–Kier alpha value is -0.540. The Morgan fingerprint density at radius 3 is 1.62 bits per heavy atom. The quantitative estimate of drug-likeness (QED) is 0.627. The van der Waals surface area contributed by atoms with Crippen molar-refractivity contribution < 1.29 is 18.0 Å². The molecule has 0 saturated heterocycles. The van der Waals surface area contributed by atoms with Crippen LogP contribution in [0.15, 0.2) is 0 Å². The van der Waals surface area contributed by atoms with Crippen molar-refractivity contribution in [3.05, 3.63) is 0 Å². The van der Waals surface area contributed by atoms with Crippen molar-refractivity contribution in [1.82, 2.24) is 0 Å². The van der Waals surface area contributed by atoms with Gasteiger partial charge < -0.3 is 0 Å². The van der Waals surface area contributed by atoms with Gasteiger partial charge in [-0.2, -0.15) is 13.2 Å². The van der Waals surface area contributed by atoms with Crippen LogP contribution in [-0.4, -0.2) is 12.0 Å². The van der Waals surface area contributed by atoms with E-state index in [2.05, 4.69) is 0 Å². The molecule has 0 radical (unpaired) electrons. The molecule has 4 heteroatoms. The van der Waals surface area contributed by atoms with Gasteiger partial charge in [-0.25, -0.2) is 0 Å². The molecule has 0 atom stereocenters. The van der Waals surface area contributed by atoms with Crippen molar-refractivity contribution in [1.29, 1.82) is 0 Å². The highest BCUT2D eigenvalue weighted by molar-refractivity contribution is 5.92. The minimum Gasteiger partial charge on any atom is -0.289 e.